The molecule has 0 unspecified atom stereocenters. The SMILES string of the molecule is N#Cc1ccc(N(Cc2cccc(F)c2)c2cncnc2)cc1. The number of nitriles is 1. The molecule has 4 nitrogen and oxygen atoms in total. The number of hydrogen-bond donors (Lipinski definition) is 0. The molecule has 23 heavy (non-hydrogen) atoms. The number of aromatic nitrogens is 2. The lowest BCUT2D eigenvalue weighted by atomic mass is 10.1. The van der Waals surface area contributed by atoms with Crippen LogP contribution in [0.1, 0.15) is 11.1 Å². The Kier molecular flexibility index (Phi) is 4.25. The van der Waals surface area contributed by atoms with E-state index in [1.165, 1.54) is 18.5 Å². The third-order valence-corrected chi connectivity index (χ3v) is 3.40. The van der Waals surface area contributed by atoms with Gasteiger partial charge >= 0.3 is 0 Å². The minimum Gasteiger partial charge on any atom is -0.334 e. The minimum atomic E-state index is -0.272. The van der Waals surface area contributed by atoms with Gasteiger partial charge in [-0.2, -0.15) is 5.26 Å². The maximum absolute atomic E-state index is 13.4. The van der Waals surface area contributed by atoms with E-state index in [-0.39, 0.29) is 5.82 Å². The summed E-state index contributed by atoms with van der Waals surface area (Å²) in [6, 6.07) is 15.8. The van der Waals surface area contributed by atoms with Gasteiger partial charge in [0.1, 0.15) is 12.1 Å². The molecule has 0 bridgehead atoms. The number of rotatable bonds is 4. The minimum absolute atomic E-state index is 0.272. The van der Waals surface area contributed by atoms with E-state index in [1.54, 1.807) is 30.6 Å². The predicted octanol–water partition coefficient (Wildman–Crippen LogP) is 3.83. The Morgan fingerprint density at radius 3 is 2.39 bits per heavy atom. The summed E-state index contributed by atoms with van der Waals surface area (Å²) in [4.78, 5) is 10.1. The lowest BCUT2D eigenvalue weighted by Crippen LogP contribution is -2.17. The van der Waals surface area contributed by atoms with Gasteiger partial charge in [0.05, 0.1) is 29.7 Å². The van der Waals surface area contributed by atoms with E-state index in [0.717, 1.165) is 16.9 Å². The second-order valence-corrected chi connectivity index (χ2v) is 4.97. The largest absolute Gasteiger partial charge is 0.334 e. The normalized spacial score (nSPS) is 10.1. The van der Waals surface area contributed by atoms with Gasteiger partial charge in [-0.05, 0) is 42.0 Å². The fourth-order valence-corrected chi connectivity index (χ4v) is 2.30. The van der Waals surface area contributed by atoms with Crippen LogP contribution >= 0.6 is 0 Å². The van der Waals surface area contributed by atoms with E-state index >= 15 is 0 Å². The van der Waals surface area contributed by atoms with Crippen LogP contribution in [0.5, 0.6) is 0 Å². The van der Waals surface area contributed by atoms with Gasteiger partial charge in [0, 0.05) is 12.2 Å². The van der Waals surface area contributed by atoms with E-state index in [4.69, 9.17) is 5.26 Å². The first-order valence-electron chi connectivity index (χ1n) is 7.03. The molecule has 1 heterocycles. The maximum Gasteiger partial charge on any atom is 0.123 e. The van der Waals surface area contributed by atoms with Crippen molar-refractivity contribution in [3.8, 4) is 6.07 Å². The van der Waals surface area contributed by atoms with Crippen molar-refractivity contribution in [1.82, 2.24) is 9.97 Å². The number of benzene rings is 2. The molecule has 0 aliphatic rings. The van der Waals surface area contributed by atoms with Crippen molar-refractivity contribution in [2.24, 2.45) is 0 Å². The molecule has 112 valence electrons. The molecule has 0 aliphatic heterocycles. The van der Waals surface area contributed by atoms with E-state index < -0.39 is 0 Å². The number of hydrogen-bond acceptors (Lipinski definition) is 4. The first-order chi connectivity index (χ1) is 11.3. The Morgan fingerprint density at radius 1 is 1.00 bits per heavy atom. The zero-order valence-corrected chi connectivity index (χ0v) is 12.2. The summed E-state index contributed by atoms with van der Waals surface area (Å²) in [6.07, 6.45) is 4.86. The molecule has 0 N–H and O–H groups in total. The van der Waals surface area contributed by atoms with Crippen LogP contribution in [0.4, 0.5) is 15.8 Å². The van der Waals surface area contributed by atoms with Gasteiger partial charge in [-0.3, -0.25) is 0 Å². The van der Waals surface area contributed by atoms with Crippen LogP contribution in [-0.4, -0.2) is 9.97 Å². The highest BCUT2D eigenvalue weighted by atomic mass is 19.1. The van der Waals surface area contributed by atoms with Crippen molar-refractivity contribution in [3.05, 3.63) is 84.2 Å². The van der Waals surface area contributed by atoms with Crippen LogP contribution in [0.2, 0.25) is 0 Å². The van der Waals surface area contributed by atoms with Crippen molar-refractivity contribution < 1.29 is 4.39 Å². The van der Waals surface area contributed by atoms with Crippen LogP contribution in [0.3, 0.4) is 0 Å². The molecule has 0 saturated heterocycles. The second-order valence-electron chi connectivity index (χ2n) is 4.97. The molecule has 1 aromatic heterocycles. The van der Waals surface area contributed by atoms with Gasteiger partial charge in [-0.25, -0.2) is 14.4 Å². The van der Waals surface area contributed by atoms with Gasteiger partial charge in [-0.15, -0.1) is 0 Å². The summed E-state index contributed by atoms with van der Waals surface area (Å²) in [6.45, 7) is 0.469. The van der Waals surface area contributed by atoms with Gasteiger partial charge < -0.3 is 4.90 Å². The third-order valence-electron chi connectivity index (χ3n) is 3.40. The first kappa shape index (κ1) is 14.7. The van der Waals surface area contributed by atoms with Crippen molar-refractivity contribution in [2.45, 2.75) is 6.54 Å². The quantitative estimate of drug-likeness (QED) is 0.735. The van der Waals surface area contributed by atoms with E-state index in [0.29, 0.717) is 12.1 Å². The van der Waals surface area contributed by atoms with Crippen LogP contribution in [-0.2, 0) is 6.54 Å². The Hall–Kier alpha value is -3.26. The average Bonchev–Trinajstić information content (AvgIpc) is 2.61. The van der Waals surface area contributed by atoms with Gasteiger partial charge in [0.15, 0.2) is 0 Å². The Balaban J connectivity index is 1.98. The van der Waals surface area contributed by atoms with Crippen molar-refractivity contribution in [2.75, 3.05) is 4.90 Å². The molecule has 0 radical (unpaired) electrons. The van der Waals surface area contributed by atoms with Crippen LogP contribution in [0.15, 0.2) is 67.3 Å². The van der Waals surface area contributed by atoms with Crippen molar-refractivity contribution in [1.29, 1.82) is 5.26 Å². The molecule has 0 spiro atoms. The first-order valence-corrected chi connectivity index (χ1v) is 7.03. The second kappa shape index (κ2) is 6.67. The molecular weight excluding hydrogens is 291 g/mol. The highest BCUT2D eigenvalue weighted by Crippen LogP contribution is 2.26. The average molecular weight is 304 g/mol. The lowest BCUT2D eigenvalue weighted by molar-refractivity contribution is 0.625. The molecule has 0 atom stereocenters. The summed E-state index contributed by atoms with van der Waals surface area (Å²) in [5, 5.41) is 8.92. The standard InChI is InChI=1S/C18H13FN4/c19-16-3-1-2-15(8-16)12-23(18-10-21-13-22-11-18)17-6-4-14(9-20)5-7-17/h1-8,10-11,13H,12H2. The molecule has 5 heteroatoms. The number of halogens is 1. The van der Waals surface area contributed by atoms with E-state index in [9.17, 15) is 4.39 Å². The zero-order chi connectivity index (χ0) is 16.1. The van der Waals surface area contributed by atoms with Gasteiger partial charge in [-0.1, -0.05) is 12.1 Å². The topological polar surface area (TPSA) is 52.8 Å². The Morgan fingerprint density at radius 2 is 1.74 bits per heavy atom. The predicted molar refractivity (Wildman–Crippen MR) is 85.4 cm³/mol. The molecule has 3 rings (SSSR count). The van der Waals surface area contributed by atoms with Crippen LogP contribution < -0.4 is 4.90 Å². The van der Waals surface area contributed by atoms with E-state index in [1.807, 2.05) is 23.1 Å². The van der Waals surface area contributed by atoms with Crippen LogP contribution in [0.25, 0.3) is 0 Å². The summed E-state index contributed by atoms with van der Waals surface area (Å²) in [5.41, 5.74) is 3.09. The summed E-state index contributed by atoms with van der Waals surface area (Å²) >= 11 is 0. The summed E-state index contributed by atoms with van der Waals surface area (Å²) in [7, 11) is 0. The molecular formula is C18H13FN4. The monoisotopic (exact) mass is 304 g/mol. The van der Waals surface area contributed by atoms with Crippen molar-refractivity contribution in [3.63, 3.8) is 0 Å². The Bertz CT molecular complexity index is 826. The maximum atomic E-state index is 13.4. The molecule has 0 saturated carbocycles. The molecule has 3 aromatic rings. The van der Waals surface area contributed by atoms with E-state index in [2.05, 4.69) is 16.0 Å². The fourth-order valence-electron chi connectivity index (χ4n) is 2.30. The third kappa shape index (κ3) is 3.50. The van der Waals surface area contributed by atoms with Crippen molar-refractivity contribution >= 4 is 11.4 Å². The summed E-state index contributed by atoms with van der Waals surface area (Å²) in [5.74, 6) is -0.272. The smallest absolute Gasteiger partial charge is 0.123 e. The molecule has 0 fully saturated rings. The molecule has 2 aromatic carbocycles. The zero-order valence-electron chi connectivity index (χ0n) is 12.2. The Labute approximate surface area is 133 Å². The number of anilines is 2. The number of nitrogens with zero attached hydrogens (tertiary/aromatic N) is 4. The molecule has 0 amide bonds. The highest BCUT2D eigenvalue weighted by molar-refractivity contribution is 5.62. The molecule has 0 aliphatic carbocycles. The summed E-state index contributed by atoms with van der Waals surface area (Å²) < 4.78 is 13.4. The lowest BCUT2D eigenvalue weighted by Gasteiger charge is -2.24. The highest BCUT2D eigenvalue weighted by Gasteiger charge is 2.11. The van der Waals surface area contributed by atoms with Crippen LogP contribution in [0, 0.1) is 17.1 Å². The van der Waals surface area contributed by atoms with Gasteiger partial charge in [0.2, 0.25) is 0 Å². The fraction of sp³-hybridized carbons (Fsp3) is 0.0556. The van der Waals surface area contributed by atoms with Gasteiger partial charge in [0.25, 0.3) is 0 Å².